The quantitative estimate of drug-likeness (QED) is 0.700. The van der Waals surface area contributed by atoms with Gasteiger partial charge in [-0.05, 0) is 55.6 Å². The van der Waals surface area contributed by atoms with Crippen molar-refractivity contribution in [3.63, 3.8) is 0 Å². The van der Waals surface area contributed by atoms with Gasteiger partial charge in [0.05, 0.1) is 12.1 Å². The number of carbonyl (C=O) groups is 2. The molecule has 1 atom stereocenters. The number of methoxy groups -OCH3 is 1. The zero-order chi connectivity index (χ0) is 21.5. The Morgan fingerprint density at radius 2 is 1.87 bits per heavy atom. The molecular weight excluding hydrogens is 402 g/mol. The molecule has 0 aromatic heterocycles. The smallest absolute Gasteiger partial charge is 0.246 e. The first kappa shape index (κ1) is 22.1. The van der Waals surface area contributed by atoms with E-state index in [4.69, 9.17) is 16.3 Å². The van der Waals surface area contributed by atoms with Crippen LogP contribution in [0.4, 0.5) is 5.69 Å². The number of hydrogen-bond donors (Lipinski definition) is 2. The second-order valence-corrected chi connectivity index (χ2v) is 7.98. The van der Waals surface area contributed by atoms with Crippen LogP contribution >= 0.6 is 11.6 Å². The minimum absolute atomic E-state index is 0.00266. The number of halogens is 1. The Bertz CT molecular complexity index is 867. The van der Waals surface area contributed by atoms with Gasteiger partial charge >= 0.3 is 0 Å². The molecule has 1 unspecified atom stereocenters. The number of piperidine rings is 1. The first-order valence-corrected chi connectivity index (χ1v) is 10.5. The lowest BCUT2D eigenvalue weighted by Crippen LogP contribution is -2.43. The van der Waals surface area contributed by atoms with E-state index in [1.807, 2.05) is 30.3 Å². The van der Waals surface area contributed by atoms with Gasteiger partial charge in [-0.25, -0.2) is 0 Å². The lowest BCUT2D eigenvalue weighted by atomic mass is 9.93. The first-order valence-electron chi connectivity index (χ1n) is 10.2. The number of carbonyl (C=O) groups excluding carboxylic acids is 2. The summed E-state index contributed by atoms with van der Waals surface area (Å²) in [5.74, 6) is 0.903. The minimum Gasteiger partial charge on any atom is -0.495 e. The summed E-state index contributed by atoms with van der Waals surface area (Å²) >= 11 is 6.21. The molecule has 3 rings (SSSR count). The highest BCUT2D eigenvalue weighted by Crippen LogP contribution is 2.30. The predicted octanol–water partition coefficient (Wildman–Crippen LogP) is 3.88. The average molecular weight is 430 g/mol. The van der Waals surface area contributed by atoms with Crippen LogP contribution in [-0.2, 0) is 9.59 Å². The molecule has 0 spiro atoms. The van der Waals surface area contributed by atoms with Crippen LogP contribution in [0, 0.1) is 5.92 Å². The van der Waals surface area contributed by atoms with Crippen molar-refractivity contribution in [2.75, 3.05) is 32.1 Å². The maximum atomic E-state index is 13.3. The number of amides is 2. The van der Waals surface area contributed by atoms with E-state index in [0.717, 1.165) is 31.5 Å². The molecule has 1 heterocycles. The lowest BCUT2D eigenvalue weighted by Gasteiger charge is -2.37. The molecular formula is C23H28ClN3O3. The highest BCUT2D eigenvalue weighted by atomic mass is 35.5. The Hall–Kier alpha value is -2.57. The number of benzene rings is 2. The van der Waals surface area contributed by atoms with Crippen molar-refractivity contribution in [2.45, 2.75) is 25.8 Å². The molecule has 30 heavy (non-hydrogen) atoms. The third kappa shape index (κ3) is 5.74. The number of likely N-dealkylation sites (tertiary alicyclic amines) is 1. The molecule has 0 saturated carbocycles. The van der Waals surface area contributed by atoms with Gasteiger partial charge in [-0.2, -0.15) is 0 Å². The van der Waals surface area contributed by atoms with Crippen molar-refractivity contribution in [3.05, 3.63) is 59.1 Å². The van der Waals surface area contributed by atoms with E-state index in [1.54, 1.807) is 25.3 Å². The minimum atomic E-state index is -0.395. The summed E-state index contributed by atoms with van der Waals surface area (Å²) in [5.41, 5.74) is 1.59. The molecule has 1 fully saturated rings. The lowest BCUT2D eigenvalue weighted by molar-refractivity contribution is -0.122. The maximum absolute atomic E-state index is 13.3. The Morgan fingerprint density at radius 1 is 1.17 bits per heavy atom. The topological polar surface area (TPSA) is 70.7 Å². The zero-order valence-corrected chi connectivity index (χ0v) is 18.1. The van der Waals surface area contributed by atoms with Crippen molar-refractivity contribution in [3.8, 4) is 5.75 Å². The molecule has 7 heteroatoms. The largest absolute Gasteiger partial charge is 0.495 e. The number of nitrogens with one attached hydrogen (secondary N) is 2. The van der Waals surface area contributed by atoms with Crippen molar-refractivity contribution in [1.82, 2.24) is 10.2 Å². The van der Waals surface area contributed by atoms with E-state index in [9.17, 15) is 9.59 Å². The summed E-state index contributed by atoms with van der Waals surface area (Å²) in [6, 6.07) is 14.6. The van der Waals surface area contributed by atoms with E-state index >= 15 is 0 Å². The predicted molar refractivity (Wildman–Crippen MR) is 119 cm³/mol. The van der Waals surface area contributed by atoms with Gasteiger partial charge in [-0.1, -0.05) is 41.9 Å². The van der Waals surface area contributed by atoms with Gasteiger partial charge in [-0.3, -0.25) is 14.5 Å². The fourth-order valence-electron chi connectivity index (χ4n) is 3.82. The number of anilines is 1. The van der Waals surface area contributed by atoms with Crippen LogP contribution in [0.15, 0.2) is 48.5 Å². The Labute approximate surface area is 182 Å². The van der Waals surface area contributed by atoms with Crippen molar-refractivity contribution in [1.29, 1.82) is 0 Å². The van der Waals surface area contributed by atoms with E-state index in [2.05, 4.69) is 15.5 Å². The molecule has 0 radical (unpaired) electrons. The highest BCUT2D eigenvalue weighted by Gasteiger charge is 2.31. The molecule has 2 aromatic carbocycles. The standard InChI is InChI=1S/C23H28ClN3O3/c1-16(28)25-15-17-10-12-27(13-11-17)22(18-6-4-3-5-7-18)23(29)26-19-8-9-21(30-2)20(24)14-19/h3-9,14,17,22H,10-13,15H2,1-2H3,(H,25,28)(H,26,29). The summed E-state index contributed by atoms with van der Waals surface area (Å²) in [7, 11) is 1.56. The molecule has 1 aliphatic heterocycles. The van der Waals surface area contributed by atoms with E-state index in [1.165, 1.54) is 6.92 Å². The fourth-order valence-corrected chi connectivity index (χ4v) is 4.08. The van der Waals surface area contributed by atoms with Crippen LogP contribution in [-0.4, -0.2) is 43.5 Å². The number of nitrogens with zero attached hydrogens (tertiary/aromatic N) is 1. The van der Waals surface area contributed by atoms with Crippen LogP contribution in [0.25, 0.3) is 0 Å². The van der Waals surface area contributed by atoms with Gasteiger partial charge < -0.3 is 15.4 Å². The molecule has 160 valence electrons. The van der Waals surface area contributed by atoms with Crippen LogP contribution in [0.2, 0.25) is 5.02 Å². The number of rotatable bonds is 7. The first-order chi connectivity index (χ1) is 14.5. The monoisotopic (exact) mass is 429 g/mol. The highest BCUT2D eigenvalue weighted by molar-refractivity contribution is 6.32. The normalized spacial score (nSPS) is 16.0. The Kier molecular flexibility index (Phi) is 7.71. The molecule has 2 amide bonds. The molecule has 1 aliphatic rings. The van der Waals surface area contributed by atoms with Crippen LogP contribution in [0.3, 0.4) is 0 Å². The van der Waals surface area contributed by atoms with Gasteiger partial charge in [0.2, 0.25) is 11.8 Å². The van der Waals surface area contributed by atoms with Crippen LogP contribution < -0.4 is 15.4 Å². The van der Waals surface area contributed by atoms with Crippen LogP contribution in [0.1, 0.15) is 31.4 Å². The Balaban J connectivity index is 1.73. The summed E-state index contributed by atoms with van der Waals surface area (Å²) < 4.78 is 5.18. The molecule has 0 aliphatic carbocycles. The summed E-state index contributed by atoms with van der Waals surface area (Å²) in [6.45, 7) is 3.81. The summed E-state index contributed by atoms with van der Waals surface area (Å²) in [4.78, 5) is 26.7. The number of ether oxygens (including phenoxy) is 1. The maximum Gasteiger partial charge on any atom is 0.246 e. The zero-order valence-electron chi connectivity index (χ0n) is 17.4. The molecule has 1 saturated heterocycles. The van der Waals surface area contributed by atoms with Crippen molar-refractivity contribution < 1.29 is 14.3 Å². The van der Waals surface area contributed by atoms with E-state index in [0.29, 0.717) is 28.9 Å². The van der Waals surface area contributed by atoms with Gasteiger partial charge in [-0.15, -0.1) is 0 Å². The molecule has 2 aromatic rings. The van der Waals surface area contributed by atoms with Crippen LogP contribution in [0.5, 0.6) is 5.75 Å². The Morgan fingerprint density at radius 3 is 2.47 bits per heavy atom. The van der Waals surface area contributed by atoms with E-state index < -0.39 is 6.04 Å². The molecule has 6 nitrogen and oxygen atoms in total. The fraction of sp³-hybridized carbons (Fsp3) is 0.391. The average Bonchev–Trinajstić information content (AvgIpc) is 2.74. The van der Waals surface area contributed by atoms with E-state index in [-0.39, 0.29) is 11.8 Å². The van der Waals surface area contributed by atoms with Crippen molar-refractivity contribution >= 4 is 29.1 Å². The summed E-state index contributed by atoms with van der Waals surface area (Å²) in [6.07, 6.45) is 1.87. The summed E-state index contributed by atoms with van der Waals surface area (Å²) in [5, 5.41) is 6.35. The third-order valence-corrected chi connectivity index (χ3v) is 5.73. The number of hydrogen-bond acceptors (Lipinski definition) is 4. The molecule has 2 N–H and O–H groups in total. The van der Waals surface area contributed by atoms with Gasteiger partial charge in [0.25, 0.3) is 0 Å². The SMILES string of the molecule is COc1ccc(NC(=O)C(c2ccccc2)N2CCC(CNC(C)=O)CC2)cc1Cl. The van der Waals surface area contributed by atoms with Gasteiger partial charge in [0.15, 0.2) is 0 Å². The van der Waals surface area contributed by atoms with Gasteiger partial charge in [0.1, 0.15) is 11.8 Å². The second kappa shape index (κ2) is 10.5. The second-order valence-electron chi connectivity index (χ2n) is 7.57. The third-order valence-electron chi connectivity index (χ3n) is 5.44. The van der Waals surface area contributed by atoms with Gasteiger partial charge in [0, 0.05) is 19.2 Å². The molecule has 0 bridgehead atoms. The van der Waals surface area contributed by atoms with Crippen molar-refractivity contribution in [2.24, 2.45) is 5.92 Å².